The van der Waals surface area contributed by atoms with Crippen LogP contribution < -0.4 is 66.6 Å². The van der Waals surface area contributed by atoms with E-state index in [4.69, 9.17) is 44.9 Å². The zero-order valence-electron chi connectivity index (χ0n) is 62.1. The van der Waals surface area contributed by atoms with E-state index in [1.54, 1.807) is 0 Å². The van der Waals surface area contributed by atoms with Gasteiger partial charge in [-0.1, -0.05) is 7.43 Å². The fourth-order valence-corrected chi connectivity index (χ4v) is 17.4. The van der Waals surface area contributed by atoms with Crippen LogP contribution in [0.3, 0.4) is 0 Å². The molecule has 92 heavy (non-hydrogen) atoms. The topological polar surface area (TPSA) is 223 Å². The first-order valence-electron chi connectivity index (χ1n) is 34.4. The number of nitrogens with zero attached hydrogens (tertiary/aromatic N) is 16. The molecule has 0 atom stereocenters. The molecule has 3 aromatic heterocycles. The van der Waals surface area contributed by atoms with Gasteiger partial charge in [0.1, 0.15) is 5.82 Å². The van der Waals surface area contributed by atoms with E-state index in [-0.39, 0.29) is 93.0 Å². The highest BCUT2D eigenvalue weighted by Gasteiger charge is 2.45. The van der Waals surface area contributed by atoms with Crippen LogP contribution in [-0.4, -0.2) is 210 Å². The van der Waals surface area contributed by atoms with Crippen molar-refractivity contribution in [1.29, 1.82) is 0 Å². The third-order valence-electron chi connectivity index (χ3n) is 19.7. The van der Waals surface area contributed by atoms with E-state index < -0.39 is 0 Å². The minimum absolute atomic E-state index is 0. The van der Waals surface area contributed by atoms with Gasteiger partial charge in [-0.25, -0.2) is 0 Å². The molecule has 0 aromatic carbocycles. The Morgan fingerprint density at radius 2 is 0.554 bits per heavy atom. The zero-order valence-corrected chi connectivity index (χ0v) is 62.1. The number of hydrogen-bond donors (Lipinski definition) is 7. The minimum Gasteiger partial charge on any atom is -0.354 e. The van der Waals surface area contributed by atoms with E-state index in [1.165, 1.54) is 0 Å². The molecule has 8 heterocycles. The molecule has 5 fully saturated rings. The maximum atomic E-state index is 5.51. The van der Waals surface area contributed by atoms with Gasteiger partial charge in [-0.3, -0.25) is 4.90 Å². The number of rotatable bonds is 23. The molecule has 0 aliphatic carbocycles. The molecule has 5 saturated heterocycles. The molecular weight excluding hydrogens is 1150 g/mol. The van der Waals surface area contributed by atoms with Crippen LogP contribution in [0.1, 0.15) is 229 Å². The van der Waals surface area contributed by atoms with Gasteiger partial charge >= 0.3 is 0 Å². The van der Waals surface area contributed by atoms with Crippen molar-refractivity contribution in [3.8, 4) is 0 Å². The number of aryl methyl sites for hydroxylation is 1. The third kappa shape index (κ3) is 20.1. The summed E-state index contributed by atoms with van der Waals surface area (Å²) in [5.41, 5.74) is -0.513. The van der Waals surface area contributed by atoms with Crippen molar-refractivity contribution < 1.29 is 0 Å². The first-order chi connectivity index (χ1) is 41.7. The van der Waals surface area contributed by atoms with Gasteiger partial charge in [-0.2, -0.15) is 44.9 Å². The summed E-state index contributed by atoms with van der Waals surface area (Å²) < 4.78 is 0. The third-order valence-corrected chi connectivity index (χ3v) is 19.7. The van der Waals surface area contributed by atoms with Gasteiger partial charge in [-0.15, -0.1) is 0 Å². The summed E-state index contributed by atoms with van der Waals surface area (Å²) in [4.78, 5) is 63.1. The van der Waals surface area contributed by atoms with E-state index >= 15 is 0 Å². The molecule has 8 rings (SSSR count). The lowest BCUT2D eigenvalue weighted by atomic mass is 9.79. The van der Waals surface area contributed by atoms with Gasteiger partial charge in [0.05, 0.1) is 6.67 Å². The number of aromatic nitrogens is 9. The summed E-state index contributed by atoms with van der Waals surface area (Å²) in [5, 5.41) is 26.7. The van der Waals surface area contributed by atoms with Gasteiger partial charge in [0, 0.05) is 147 Å². The summed E-state index contributed by atoms with van der Waals surface area (Å²) >= 11 is 0. The molecule has 3 aromatic rings. The fourth-order valence-electron chi connectivity index (χ4n) is 17.4. The van der Waals surface area contributed by atoms with Gasteiger partial charge in [0.25, 0.3) is 0 Å². The maximum absolute atomic E-state index is 5.51. The lowest BCUT2D eigenvalue weighted by molar-refractivity contribution is 0.159. The Kier molecular flexibility index (Phi) is 22.2. The van der Waals surface area contributed by atoms with Crippen molar-refractivity contribution >= 4 is 47.6 Å². The van der Waals surface area contributed by atoms with Crippen molar-refractivity contribution in [3.05, 3.63) is 5.82 Å². The second kappa shape index (κ2) is 27.4. The second-order valence-electron chi connectivity index (χ2n) is 35.4. The summed E-state index contributed by atoms with van der Waals surface area (Å²) in [7, 11) is 13.0. The molecule has 5 aliphatic heterocycles. The zero-order chi connectivity index (χ0) is 67.5. The number of piperidine rings is 5. The van der Waals surface area contributed by atoms with Gasteiger partial charge in [0.15, 0.2) is 0 Å². The Morgan fingerprint density at radius 1 is 0.326 bits per heavy atom. The van der Waals surface area contributed by atoms with Crippen molar-refractivity contribution in [2.75, 3.05) is 115 Å². The highest BCUT2D eigenvalue weighted by molar-refractivity contribution is 5.49. The normalized spacial score (nSPS) is 23.3. The summed E-state index contributed by atoms with van der Waals surface area (Å²) in [6, 6.07) is 1.14. The van der Waals surface area contributed by atoms with Crippen LogP contribution in [0.5, 0.6) is 0 Å². The Hall–Kier alpha value is -4.81. The summed E-state index contributed by atoms with van der Waals surface area (Å²) in [6.07, 6.45) is 11.3. The molecule has 0 bridgehead atoms. The van der Waals surface area contributed by atoms with Crippen LogP contribution in [0.15, 0.2) is 0 Å². The van der Waals surface area contributed by atoms with Crippen molar-refractivity contribution in [1.82, 2.24) is 76.3 Å². The lowest BCUT2D eigenvalue weighted by Gasteiger charge is -2.49. The molecule has 7 N–H and O–H groups in total. The van der Waals surface area contributed by atoms with Crippen LogP contribution in [0.25, 0.3) is 0 Å². The average molecular weight is 1280 g/mol. The van der Waals surface area contributed by atoms with Gasteiger partial charge in [-0.05, 0) is 229 Å². The molecule has 0 radical (unpaired) electrons. The van der Waals surface area contributed by atoms with Crippen LogP contribution in [-0.2, 0) is 0 Å². The molecule has 23 heteroatoms. The number of hydrogen-bond acceptors (Lipinski definition) is 23. The largest absolute Gasteiger partial charge is 0.354 e. The quantitative estimate of drug-likeness (QED) is 0.0347. The lowest BCUT2D eigenvalue weighted by Crippen LogP contribution is -2.62. The van der Waals surface area contributed by atoms with Crippen molar-refractivity contribution in [3.63, 3.8) is 0 Å². The monoisotopic (exact) mass is 1280 g/mol. The number of anilines is 8. The second-order valence-corrected chi connectivity index (χ2v) is 35.4. The molecule has 0 saturated carbocycles. The molecule has 522 valence electrons. The smallest absolute Gasteiger partial charge is 0.233 e. The first kappa shape index (κ1) is 74.6. The van der Waals surface area contributed by atoms with E-state index in [2.05, 4.69) is 252 Å². The highest BCUT2D eigenvalue weighted by atomic mass is 15.4. The predicted molar refractivity (Wildman–Crippen MR) is 386 cm³/mol. The van der Waals surface area contributed by atoms with Gasteiger partial charge < -0.3 is 66.6 Å². The highest BCUT2D eigenvalue weighted by Crippen LogP contribution is 2.39. The Bertz CT molecular complexity index is 2730. The van der Waals surface area contributed by atoms with E-state index in [1.807, 2.05) is 6.92 Å². The van der Waals surface area contributed by atoms with Crippen LogP contribution in [0, 0.1) is 6.92 Å². The minimum atomic E-state index is -0.0744. The molecule has 5 aliphatic rings. The van der Waals surface area contributed by atoms with Gasteiger partial charge in [0.2, 0.25) is 47.6 Å². The molecule has 23 nitrogen and oxygen atoms in total. The Morgan fingerprint density at radius 3 is 0.837 bits per heavy atom. The summed E-state index contributed by atoms with van der Waals surface area (Å²) in [6.45, 7) is 51.4. The average Bonchev–Trinajstić information content (AvgIpc) is 0.799. The van der Waals surface area contributed by atoms with Crippen molar-refractivity contribution in [2.45, 2.75) is 315 Å². The first-order valence-corrected chi connectivity index (χ1v) is 34.4. The maximum Gasteiger partial charge on any atom is 0.233 e. The van der Waals surface area contributed by atoms with Crippen LogP contribution in [0.2, 0.25) is 0 Å². The van der Waals surface area contributed by atoms with Crippen LogP contribution in [0.4, 0.5) is 47.6 Å². The van der Waals surface area contributed by atoms with Crippen LogP contribution >= 0.6 is 0 Å². The Labute approximate surface area is 558 Å². The molecule has 0 spiro atoms. The molecule has 0 unspecified atom stereocenters. The SMILES string of the molecule is C.Cc1nc(NCCCN(C)CN(CCCNc2nc(N(C)C3CC(C)(C)NC(C)(C)C3)nc(N(C)C3CC(C)(C)NC(C)(C)C3)n2)c2nc(N(C)C3CC(C)(C)NC(C)(C)C3)nc(N(C)C3CC(C)(C)NC(C)(C)C3)n2)nc(N(C)C2CC(C)(C)NC(C)(C)C2)n1. The van der Waals surface area contributed by atoms with Crippen molar-refractivity contribution in [2.24, 2.45) is 0 Å². The molecular formula is C69H131N23. The fraction of sp³-hybridized carbons (Fsp3) is 0.870. The van der Waals surface area contributed by atoms with E-state index in [0.29, 0.717) is 79.7 Å². The van der Waals surface area contributed by atoms with E-state index in [0.717, 1.165) is 83.6 Å². The summed E-state index contributed by atoms with van der Waals surface area (Å²) in [5.74, 6) is 6.01. The van der Waals surface area contributed by atoms with E-state index in [9.17, 15) is 0 Å². The standard InChI is InChI=1S/C68H127N23.CH4/c1-45-71-51(73-53(72-45)86(23)46-34-59(2,3)80-60(4,5)35-46)69-30-28-32-85(22)44-91(58-78-56(89(26)49-40-65(14,15)83-66(16,17)41-49)77-57(79-58)90(27)50-42-67(18,19)84-68(20,21)43-50)33-29-31-70-52-74-54(87(24)47-36-61(6,7)81-62(8,9)37-47)76-55(75-52)88(25)48-38-63(10,11)82-64(12,13)39-48;/h46-50,80-84H,28-44H2,1-27H3,(H,69,71,72,73)(H,70,74,75,76);1H4. The Balaban J connectivity index is 0.0000120. The molecule has 0 amide bonds. The number of nitrogens with one attached hydrogen (secondary N) is 7. The predicted octanol–water partition coefficient (Wildman–Crippen LogP) is 9.61.